The van der Waals surface area contributed by atoms with Gasteiger partial charge in [-0.05, 0) is 47.4 Å². The van der Waals surface area contributed by atoms with Crippen molar-refractivity contribution in [2.45, 2.75) is 26.2 Å². The van der Waals surface area contributed by atoms with Crippen molar-refractivity contribution in [2.24, 2.45) is 0 Å². The molecule has 0 fully saturated rings. The zero-order chi connectivity index (χ0) is 14.0. The van der Waals surface area contributed by atoms with Gasteiger partial charge in [-0.3, -0.25) is 0 Å². The van der Waals surface area contributed by atoms with Gasteiger partial charge in [-0.15, -0.1) is 0 Å². The molecule has 2 aromatic carbocycles. The van der Waals surface area contributed by atoms with E-state index in [-0.39, 0.29) is 5.41 Å². The number of nitrogens with zero attached hydrogens (tertiary/aromatic N) is 1. The van der Waals surface area contributed by atoms with E-state index in [1.54, 1.807) is 0 Å². The number of nitrogen functional groups attached to an aromatic ring is 1. The van der Waals surface area contributed by atoms with Gasteiger partial charge in [0.2, 0.25) is 0 Å². The fraction of sp³-hybridized carbons (Fsp3) is 0.294. The summed E-state index contributed by atoms with van der Waals surface area (Å²) in [5, 5.41) is 0. The third-order valence-electron chi connectivity index (χ3n) is 3.40. The molecular formula is C17H22N2. The van der Waals surface area contributed by atoms with Crippen LogP contribution in [0.1, 0.15) is 26.3 Å². The Labute approximate surface area is 115 Å². The van der Waals surface area contributed by atoms with Crippen molar-refractivity contribution in [3.8, 4) is 0 Å². The Balaban J connectivity index is 2.25. The third-order valence-corrected chi connectivity index (χ3v) is 3.40. The lowest BCUT2D eigenvalue weighted by Crippen LogP contribution is -2.13. The lowest BCUT2D eigenvalue weighted by atomic mass is 9.87. The maximum absolute atomic E-state index is 5.71. The van der Waals surface area contributed by atoms with Gasteiger partial charge in [0.15, 0.2) is 0 Å². The summed E-state index contributed by atoms with van der Waals surface area (Å²) in [4.78, 5) is 2.16. The molecule has 0 aliphatic heterocycles. The molecule has 0 saturated carbocycles. The van der Waals surface area contributed by atoms with E-state index in [2.05, 4.69) is 57.0 Å². The first-order chi connectivity index (χ1) is 8.88. The minimum atomic E-state index is 0.193. The Kier molecular flexibility index (Phi) is 3.52. The van der Waals surface area contributed by atoms with Crippen molar-refractivity contribution in [1.82, 2.24) is 0 Å². The van der Waals surface area contributed by atoms with E-state index in [1.165, 1.54) is 11.3 Å². The molecule has 2 rings (SSSR count). The van der Waals surface area contributed by atoms with Crippen LogP contribution in [0.25, 0.3) is 0 Å². The predicted octanol–water partition coefficient (Wildman–Crippen LogP) is 4.33. The lowest BCUT2D eigenvalue weighted by Gasteiger charge is -2.23. The summed E-state index contributed by atoms with van der Waals surface area (Å²) in [7, 11) is 2.07. The van der Waals surface area contributed by atoms with Crippen molar-refractivity contribution < 1.29 is 0 Å². The molecule has 2 N–H and O–H groups in total. The first-order valence-corrected chi connectivity index (χ1v) is 6.58. The second kappa shape index (κ2) is 4.96. The minimum Gasteiger partial charge on any atom is -0.399 e. The van der Waals surface area contributed by atoms with Crippen molar-refractivity contribution >= 4 is 17.1 Å². The molecule has 19 heavy (non-hydrogen) atoms. The van der Waals surface area contributed by atoms with E-state index in [0.717, 1.165) is 11.4 Å². The molecule has 0 atom stereocenters. The van der Waals surface area contributed by atoms with Gasteiger partial charge < -0.3 is 10.6 Å². The molecule has 100 valence electrons. The highest BCUT2D eigenvalue weighted by Gasteiger charge is 2.13. The molecule has 0 spiro atoms. The van der Waals surface area contributed by atoms with Crippen molar-refractivity contribution in [2.75, 3.05) is 17.7 Å². The summed E-state index contributed by atoms with van der Waals surface area (Å²) in [6, 6.07) is 16.6. The number of hydrogen-bond acceptors (Lipinski definition) is 2. The summed E-state index contributed by atoms with van der Waals surface area (Å²) >= 11 is 0. The molecule has 0 amide bonds. The Morgan fingerprint density at radius 3 is 1.63 bits per heavy atom. The number of nitrogens with two attached hydrogens (primary N) is 1. The highest BCUT2D eigenvalue weighted by atomic mass is 15.1. The largest absolute Gasteiger partial charge is 0.399 e. The van der Waals surface area contributed by atoms with Gasteiger partial charge in [0.05, 0.1) is 0 Å². The van der Waals surface area contributed by atoms with Crippen molar-refractivity contribution in [3.63, 3.8) is 0 Å². The van der Waals surface area contributed by atoms with Gasteiger partial charge in [0.1, 0.15) is 0 Å². The van der Waals surface area contributed by atoms with Crippen LogP contribution in [0.4, 0.5) is 17.1 Å². The van der Waals surface area contributed by atoms with Gasteiger partial charge in [-0.1, -0.05) is 32.9 Å². The first-order valence-electron chi connectivity index (χ1n) is 6.58. The summed E-state index contributed by atoms with van der Waals surface area (Å²) < 4.78 is 0. The van der Waals surface area contributed by atoms with Crippen LogP contribution in [-0.4, -0.2) is 7.05 Å². The zero-order valence-electron chi connectivity index (χ0n) is 12.1. The Bertz CT molecular complexity index is 533. The van der Waals surface area contributed by atoms with Crippen LogP contribution >= 0.6 is 0 Å². The molecule has 0 aromatic heterocycles. The topological polar surface area (TPSA) is 29.3 Å². The second-order valence-corrected chi connectivity index (χ2v) is 5.95. The Morgan fingerprint density at radius 1 is 0.789 bits per heavy atom. The predicted molar refractivity (Wildman–Crippen MR) is 84.1 cm³/mol. The third kappa shape index (κ3) is 3.08. The molecule has 0 bridgehead atoms. The average molecular weight is 254 g/mol. The molecule has 0 unspecified atom stereocenters. The van der Waals surface area contributed by atoms with Crippen LogP contribution < -0.4 is 10.6 Å². The van der Waals surface area contributed by atoms with Crippen LogP contribution in [0, 0.1) is 0 Å². The quantitative estimate of drug-likeness (QED) is 0.808. The van der Waals surface area contributed by atoms with E-state index in [1.807, 2.05) is 24.3 Å². The number of hydrogen-bond donors (Lipinski definition) is 1. The monoisotopic (exact) mass is 254 g/mol. The Hall–Kier alpha value is -1.96. The summed E-state index contributed by atoms with van der Waals surface area (Å²) in [6.45, 7) is 6.68. The van der Waals surface area contributed by atoms with Gasteiger partial charge in [-0.25, -0.2) is 0 Å². The standard InChI is InChI=1S/C17H22N2/c1-17(2,3)13-5-9-15(10-6-13)19(4)16-11-7-14(18)8-12-16/h5-12H,18H2,1-4H3. The molecule has 0 aliphatic carbocycles. The van der Waals surface area contributed by atoms with E-state index < -0.39 is 0 Å². The van der Waals surface area contributed by atoms with Gasteiger partial charge in [-0.2, -0.15) is 0 Å². The van der Waals surface area contributed by atoms with E-state index in [0.29, 0.717) is 0 Å². The SMILES string of the molecule is CN(c1ccc(N)cc1)c1ccc(C(C)(C)C)cc1. The van der Waals surface area contributed by atoms with E-state index in [4.69, 9.17) is 5.73 Å². The maximum atomic E-state index is 5.71. The van der Waals surface area contributed by atoms with Crippen LogP contribution in [0.15, 0.2) is 48.5 Å². The molecule has 2 aromatic rings. The fourth-order valence-corrected chi connectivity index (χ4v) is 2.03. The van der Waals surface area contributed by atoms with Crippen LogP contribution in [0.2, 0.25) is 0 Å². The molecule has 2 heteroatoms. The smallest absolute Gasteiger partial charge is 0.0409 e. The summed E-state index contributed by atoms with van der Waals surface area (Å²) in [6.07, 6.45) is 0. The van der Waals surface area contributed by atoms with Crippen molar-refractivity contribution in [1.29, 1.82) is 0 Å². The molecule has 0 radical (unpaired) electrons. The molecule has 0 heterocycles. The van der Waals surface area contributed by atoms with Crippen LogP contribution in [0.3, 0.4) is 0 Å². The molecule has 0 saturated heterocycles. The highest BCUT2D eigenvalue weighted by Crippen LogP contribution is 2.28. The minimum absolute atomic E-state index is 0.193. The highest BCUT2D eigenvalue weighted by molar-refractivity contribution is 5.64. The fourth-order valence-electron chi connectivity index (χ4n) is 2.03. The Morgan fingerprint density at radius 2 is 1.21 bits per heavy atom. The van der Waals surface area contributed by atoms with E-state index in [9.17, 15) is 0 Å². The second-order valence-electron chi connectivity index (χ2n) is 5.95. The molecule has 0 aliphatic rings. The summed E-state index contributed by atoms with van der Waals surface area (Å²) in [5.41, 5.74) is 10.4. The number of benzene rings is 2. The molecular weight excluding hydrogens is 232 g/mol. The van der Waals surface area contributed by atoms with Crippen LogP contribution in [-0.2, 0) is 5.41 Å². The van der Waals surface area contributed by atoms with Gasteiger partial charge in [0.25, 0.3) is 0 Å². The number of anilines is 3. The number of rotatable bonds is 2. The van der Waals surface area contributed by atoms with E-state index >= 15 is 0 Å². The van der Waals surface area contributed by atoms with Gasteiger partial charge >= 0.3 is 0 Å². The molecule has 2 nitrogen and oxygen atoms in total. The maximum Gasteiger partial charge on any atom is 0.0409 e. The first kappa shape index (κ1) is 13.5. The summed E-state index contributed by atoms with van der Waals surface area (Å²) in [5.74, 6) is 0. The average Bonchev–Trinajstić information content (AvgIpc) is 2.38. The normalized spacial score (nSPS) is 11.4. The van der Waals surface area contributed by atoms with Gasteiger partial charge in [0, 0.05) is 24.1 Å². The van der Waals surface area contributed by atoms with Crippen LogP contribution in [0.5, 0.6) is 0 Å². The zero-order valence-corrected chi connectivity index (χ0v) is 12.1. The van der Waals surface area contributed by atoms with Crippen molar-refractivity contribution in [3.05, 3.63) is 54.1 Å². The lowest BCUT2D eigenvalue weighted by molar-refractivity contribution is 0.590.